The number of carbonyl (C=O) groups excluding carboxylic acids is 1. The van der Waals surface area contributed by atoms with Gasteiger partial charge in [0.2, 0.25) is 0 Å². The lowest BCUT2D eigenvalue weighted by molar-refractivity contribution is -0.139. The molecule has 0 radical (unpaired) electrons. The third kappa shape index (κ3) is 3.26. The second-order valence-electron chi connectivity index (χ2n) is 3.06. The molecule has 94 valence electrons. The summed E-state index contributed by atoms with van der Waals surface area (Å²) in [4.78, 5) is 14.7. The molecule has 7 heteroatoms. The van der Waals surface area contributed by atoms with Gasteiger partial charge in [0, 0.05) is 6.07 Å². The van der Waals surface area contributed by atoms with Gasteiger partial charge in [0.25, 0.3) is 6.43 Å². The summed E-state index contributed by atoms with van der Waals surface area (Å²) in [6, 6.07) is 1.20. The maximum Gasteiger partial charge on any atom is 0.311 e. The molecular formula is C10H10ClF2NO3. The Kier molecular flexibility index (Phi) is 4.62. The maximum atomic E-state index is 12.6. The number of aromatic nitrogens is 1. The van der Waals surface area contributed by atoms with Gasteiger partial charge in [-0.05, 0) is 0 Å². The summed E-state index contributed by atoms with van der Waals surface area (Å²) in [7, 11) is 2.52. The summed E-state index contributed by atoms with van der Waals surface area (Å²) in [6.07, 6.45) is -3.07. The predicted octanol–water partition coefficient (Wildman–Crippen LogP) is 2.40. The number of nitrogens with zero attached hydrogens (tertiary/aromatic N) is 1. The first-order valence-corrected chi connectivity index (χ1v) is 4.95. The molecule has 0 atom stereocenters. The zero-order valence-electron chi connectivity index (χ0n) is 9.17. The standard InChI is InChI=1S/C10H10ClF2NO3/c1-16-7-3-5(11)9(10(12)13)14-6(7)4-8(15)17-2/h3,10H,4H2,1-2H3. The van der Waals surface area contributed by atoms with Gasteiger partial charge in [-0.3, -0.25) is 4.79 Å². The van der Waals surface area contributed by atoms with Crippen LogP contribution in [0.25, 0.3) is 0 Å². The molecule has 0 N–H and O–H groups in total. The Morgan fingerprint density at radius 3 is 2.65 bits per heavy atom. The molecule has 1 rings (SSSR count). The van der Waals surface area contributed by atoms with Crippen LogP contribution in [0.4, 0.5) is 8.78 Å². The molecule has 1 aromatic rings. The first-order chi connectivity index (χ1) is 7.99. The van der Waals surface area contributed by atoms with Gasteiger partial charge in [0.15, 0.2) is 0 Å². The highest BCUT2D eigenvalue weighted by molar-refractivity contribution is 6.31. The molecule has 0 aliphatic carbocycles. The summed E-state index contributed by atoms with van der Waals surface area (Å²) in [5, 5.41) is -0.203. The van der Waals surface area contributed by atoms with Crippen LogP contribution in [-0.4, -0.2) is 25.2 Å². The predicted molar refractivity (Wildman–Crippen MR) is 56.5 cm³/mol. The molecular weight excluding hydrogens is 256 g/mol. The molecule has 1 aromatic heterocycles. The number of ether oxygens (including phenoxy) is 2. The van der Waals surface area contributed by atoms with Crippen LogP contribution in [0.1, 0.15) is 17.8 Å². The number of halogens is 3. The van der Waals surface area contributed by atoms with Gasteiger partial charge in [0.1, 0.15) is 11.4 Å². The zero-order chi connectivity index (χ0) is 13.0. The molecule has 4 nitrogen and oxygen atoms in total. The van der Waals surface area contributed by atoms with E-state index < -0.39 is 18.1 Å². The van der Waals surface area contributed by atoms with Gasteiger partial charge in [-0.2, -0.15) is 0 Å². The minimum Gasteiger partial charge on any atom is -0.495 e. The number of alkyl halides is 2. The van der Waals surface area contributed by atoms with E-state index in [1.165, 1.54) is 20.3 Å². The molecule has 0 bridgehead atoms. The van der Waals surface area contributed by atoms with Crippen molar-refractivity contribution in [3.8, 4) is 5.75 Å². The molecule has 0 saturated heterocycles. The highest BCUT2D eigenvalue weighted by Crippen LogP contribution is 2.30. The number of hydrogen-bond acceptors (Lipinski definition) is 4. The van der Waals surface area contributed by atoms with E-state index in [-0.39, 0.29) is 22.9 Å². The third-order valence-corrected chi connectivity index (χ3v) is 2.31. The van der Waals surface area contributed by atoms with Crippen molar-refractivity contribution in [3.05, 3.63) is 22.5 Å². The van der Waals surface area contributed by atoms with Crippen molar-refractivity contribution in [1.82, 2.24) is 4.98 Å². The van der Waals surface area contributed by atoms with Crippen LogP contribution in [0.3, 0.4) is 0 Å². The number of pyridine rings is 1. The van der Waals surface area contributed by atoms with E-state index in [4.69, 9.17) is 16.3 Å². The first-order valence-electron chi connectivity index (χ1n) is 4.57. The monoisotopic (exact) mass is 265 g/mol. The second-order valence-corrected chi connectivity index (χ2v) is 3.47. The molecule has 0 aliphatic rings. The van der Waals surface area contributed by atoms with Crippen LogP contribution in [0.15, 0.2) is 6.07 Å². The fourth-order valence-electron chi connectivity index (χ4n) is 1.19. The number of methoxy groups -OCH3 is 2. The molecule has 1 heterocycles. The normalized spacial score (nSPS) is 10.5. The maximum absolute atomic E-state index is 12.6. The first kappa shape index (κ1) is 13.6. The fraction of sp³-hybridized carbons (Fsp3) is 0.400. The lowest BCUT2D eigenvalue weighted by atomic mass is 10.2. The van der Waals surface area contributed by atoms with E-state index >= 15 is 0 Å². The largest absolute Gasteiger partial charge is 0.495 e. The number of carbonyl (C=O) groups is 1. The molecule has 0 aromatic carbocycles. The second kappa shape index (κ2) is 5.77. The van der Waals surface area contributed by atoms with E-state index in [0.29, 0.717) is 0 Å². The van der Waals surface area contributed by atoms with Crippen molar-refractivity contribution in [2.24, 2.45) is 0 Å². The van der Waals surface area contributed by atoms with E-state index in [2.05, 4.69) is 9.72 Å². The van der Waals surface area contributed by atoms with Crippen molar-refractivity contribution < 1.29 is 23.0 Å². The van der Waals surface area contributed by atoms with Crippen molar-refractivity contribution in [1.29, 1.82) is 0 Å². The van der Waals surface area contributed by atoms with Crippen LogP contribution in [0.2, 0.25) is 5.02 Å². The lowest BCUT2D eigenvalue weighted by Gasteiger charge is -2.10. The quantitative estimate of drug-likeness (QED) is 0.785. The van der Waals surface area contributed by atoms with Gasteiger partial charge < -0.3 is 9.47 Å². The Hall–Kier alpha value is -1.43. The Morgan fingerprint density at radius 2 is 2.18 bits per heavy atom. The van der Waals surface area contributed by atoms with Crippen LogP contribution in [-0.2, 0) is 16.0 Å². The highest BCUT2D eigenvalue weighted by Gasteiger charge is 2.19. The SMILES string of the molecule is COC(=O)Cc1nc(C(F)F)c(Cl)cc1OC. The van der Waals surface area contributed by atoms with Crippen LogP contribution < -0.4 is 4.74 Å². The van der Waals surface area contributed by atoms with Crippen LogP contribution in [0, 0.1) is 0 Å². The zero-order valence-corrected chi connectivity index (χ0v) is 9.92. The third-order valence-electron chi connectivity index (χ3n) is 2.01. The Morgan fingerprint density at radius 1 is 1.53 bits per heavy atom. The average Bonchev–Trinajstić information content (AvgIpc) is 2.30. The topological polar surface area (TPSA) is 48.4 Å². The highest BCUT2D eigenvalue weighted by atomic mass is 35.5. The molecule has 0 saturated carbocycles. The summed E-state index contributed by atoms with van der Waals surface area (Å²) in [6.45, 7) is 0. The minimum absolute atomic E-state index is 0.0686. The Labute approximate surface area is 101 Å². The summed E-state index contributed by atoms with van der Waals surface area (Å²) < 4.78 is 34.5. The fourth-order valence-corrected chi connectivity index (χ4v) is 1.42. The van der Waals surface area contributed by atoms with E-state index in [1.807, 2.05) is 0 Å². The molecule has 0 spiro atoms. The lowest BCUT2D eigenvalue weighted by Crippen LogP contribution is -2.09. The molecule has 0 fully saturated rings. The smallest absolute Gasteiger partial charge is 0.311 e. The van der Waals surface area contributed by atoms with Gasteiger partial charge in [0.05, 0.1) is 31.4 Å². The van der Waals surface area contributed by atoms with E-state index in [1.54, 1.807) is 0 Å². The van der Waals surface area contributed by atoms with E-state index in [0.717, 1.165) is 0 Å². The van der Waals surface area contributed by atoms with Crippen LogP contribution in [0.5, 0.6) is 5.75 Å². The minimum atomic E-state index is -2.81. The number of esters is 1. The van der Waals surface area contributed by atoms with Crippen LogP contribution >= 0.6 is 11.6 Å². The number of hydrogen-bond donors (Lipinski definition) is 0. The van der Waals surface area contributed by atoms with Gasteiger partial charge in [-0.25, -0.2) is 13.8 Å². The average molecular weight is 266 g/mol. The van der Waals surface area contributed by atoms with Gasteiger partial charge in [-0.15, -0.1) is 0 Å². The molecule has 17 heavy (non-hydrogen) atoms. The molecule has 0 amide bonds. The molecule has 0 aliphatic heterocycles. The van der Waals surface area contributed by atoms with E-state index in [9.17, 15) is 13.6 Å². The van der Waals surface area contributed by atoms with Crippen molar-refractivity contribution >= 4 is 17.6 Å². The number of rotatable bonds is 4. The molecule has 0 unspecified atom stereocenters. The summed E-state index contributed by atoms with van der Waals surface area (Å²) in [5.41, 5.74) is -0.509. The van der Waals surface area contributed by atoms with Crippen molar-refractivity contribution in [2.45, 2.75) is 12.8 Å². The van der Waals surface area contributed by atoms with Crippen molar-refractivity contribution in [3.63, 3.8) is 0 Å². The Balaban J connectivity index is 3.16. The summed E-state index contributed by atoms with van der Waals surface area (Å²) >= 11 is 5.61. The van der Waals surface area contributed by atoms with Crippen molar-refractivity contribution in [2.75, 3.05) is 14.2 Å². The van der Waals surface area contributed by atoms with Gasteiger partial charge >= 0.3 is 5.97 Å². The Bertz CT molecular complexity index is 426. The van der Waals surface area contributed by atoms with Gasteiger partial charge in [-0.1, -0.05) is 11.6 Å². The summed E-state index contributed by atoms with van der Waals surface area (Å²) in [5.74, 6) is -0.428.